The maximum absolute atomic E-state index is 5.86. The van der Waals surface area contributed by atoms with Gasteiger partial charge in [-0.25, -0.2) is 0 Å². The van der Waals surface area contributed by atoms with Crippen LogP contribution in [-0.2, 0) is 0 Å². The van der Waals surface area contributed by atoms with Crippen molar-refractivity contribution in [2.75, 3.05) is 18.8 Å². The first-order chi connectivity index (χ1) is 6.18. The summed E-state index contributed by atoms with van der Waals surface area (Å²) in [5.74, 6) is 1.93. The molecular formula is C9H17N3S. The fourth-order valence-corrected chi connectivity index (χ4v) is 3.78. The number of nitrogens with two attached hydrogens (primary N) is 1. The highest BCUT2D eigenvalue weighted by molar-refractivity contribution is 8.00. The molecule has 1 saturated heterocycles. The van der Waals surface area contributed by atoms with Crippen LogP contribution in [0.3, 0.4) is 0 Å². The number of nitrogens with zero attached hydrogens (tertiary/aromatic N) is 2. The molecular weight excluding hydrogens is 182 g/mol. The van der Waals surface area contributed by atoms with Crippen LogP contribution in [0.1, 0.15) is 20.3 Å². The van der Waals surface area contributed by atoms with Gasteiger partial charge in [-0.2, -0.15) is 11.8 Å². The number of aliphatic imine (C=N–C) groups is 1. The van der Waals surface area contributed by atoms with Gasteiger partial charge in [0.05, 0.1) is 12.1 Å². The summed E-state index contributed by atoms with van der Waals surface area (Å²) in [6.07, 6.45) is 1.23. The van der Waals surface area contributed by atoms with E-state index in [0.717, 1.165) is 24.3 Å². The van der Waals surface area contributed by atoms with E-state index in [4.69, 9.17) is 5.73 Å². The zero-order valence-electron chi connectivity index (χ0n) is 8.29. The average molecular weight is 199 g/mol. The number of hydrogen-bond acceptors (Lipinski definition) is 4. The van der Waals surface area contributed by atoms with Gasteiger partial charge in [-0.05, 0) is 13.3 Å². The van der Waals surface area contributed by atoms with Crippen molar-refractivity contribution in [2.45, 2.75) is 31.1 Å². The molecule has 13 heavy (non-hydrogen) atoms. The molecule has 2 heterocycles. The molecule has 2 N–H and O–H groups in total. The highest BCUT2D eigenvalue weighted by atomic mass is 32.2. The molecule has 1 spiro atoms. The fourth-order valence-electron chi connectivity index (χ4n) is 2.39. The lowest BCUT2D eigenvalue weighted by Gasteiger charge is -2.34. The van der Waals surface area contributed by atoms with E-state index in [9.17, 15) is 0 Å². The number of likely N-dealkylation sites (N-methyl/N-ethyl adjacent to an activating group) is 1. The smallest absolute Gasteiger partial charge is 0.191 e. The lowest BCUT2D eigenvalue weighted by Crippen LogP contribution is -2.51. The molecule has 0 aromatic carbocycles. The quantitative estimate of drug-likeness (QED) is 0.682. The van der Waals surface area contributed by atoms with Crippen LogP contribution in [0.5, 0.6) is 0 Å². The van der Waals surface area contributed by atoms with Crippen molar-refractivity contribution in [1.29, 1.82) is 0 Å². The van der Waals surface area contributed by atoms with E-state index < -0.39 is 0 Å². The molecule has 2 aliphatic heterocycles. The Balaban J connectivity index is 2.17. The minimum atomic E-state index is 0.267. The number of guanidine groups is 1. The summed E-state index contributed by atoms with van der Waals surface area (Å²) in [7, 11) is 0. The Morgan fingerprint density at radius 2 is 2.54 bits per heavy atom. The lowest BCUT2D eigenvalue weighted by atomic mass is 9.95. The normalized spacial score (nSPS) is 38.8. The van der Waals surface area contributed by atoms with Crippen LogP contribution >= 0.6 is 11.8 Å². The van der Waals surface area contributed by atoms with Crippen molar-refractivity contribution in [3.8, 4) is 0 Å². The Morgan fingerprint density at radius 1 is 1.77 bits per heavy atom. The van der Waals surface area contributed by atoms with Gasteiger partial charge in [-0.3, -0.25) is 4.99 Å². The molecule has 2 aliphatic rings. The number of thioether (sulfide) groups is 1. The molecule has 4 heteroatoms. The first-order valence-electron chi connectivity index (χ1n) is 4.87. The van der Waals surface area contributed by atoms with E-state index in [1.165, 1.54) is 12.2 Å². The van der Waals surface area contributed by atoms with E-state index in [0.29, 0.717) is 0 Å². The molecule has 2 atom stereocenters. The Labute approximate surface area is 83.8 Å². The van der Waals surface area contributed by atoms with Crippen molar-refractivity contribution < 1.29 is 0 Å². The van der Waals surface area contributed by atoms with Crippen LogP contribution in [0.4, 0.5) is 0 Å². The van der Waals surface area contributed by atoms with E-state index in [1.54, 1.807) is 0 Å². The van der Waals surface area contributed by atoms with E-state index >= 15 is 0 Å². The Hall–Kier alpha value is -0.380. The maximum atomic E-state index is 5.86. The highest BCUT2D eigenvalue weighted by Gasteiger charge is 2.46. The van der Waals surface area contributed by atoms with Crippen LogP contribution in [-0.4, -0.2) is 40.5 Å². The molecule has 2 unspecified atom stereocenters. The largest absolute Gasteiger partial charge is 0.370 e. The summed E-state index contributed by atoms with van der Waals surface area (Å²) in [4.78, 5) is 6.65. The van der Waals surface area contributed by atoms with Gasteiger partial charge in [-0.15, -0.1) is 0 Å². The topological polar surface area (TPSA) is 41.6 Å². The molecule has 0 aromatic rings. The Morgan fingerprint density at radius 3 is 3.08 bits per heavy atom. The summed E-state index contributed by atoms with van der Waals surface area (Å²) in [6, 6.07) is 0. The van der Waals surface area contributed by atoms with Crippen LogP contribution in [0.2, 0.25) is 0 Å². The van der Waals surface area contributed by atoms with Crippen molar-refractivity contribution in [1.82, 2.24) is 4.90 Å². The summed E-state index contributed by atoms with van der Waals surface area (Å²) in [6.45, 7) is 6.34. The molecule has 2 rings (SSSR count). The maximum Gasteiger partial charge on any atom is 0.191 e. The first kappa shape index (κ1) is 9.19. The molecule has 0 aliphatic carbocycles. The molecule has 1 fully saturated rings. The zero-order chi connectivity index (χ0) is 9.47. The average Bonchev–Trinajstić information content (AvgIpc) is 2.59. The zero-order valence-corrected chi connectivity index (χ0v) is 9.10. The van der Waals surface area contributed by atoms with Crippen molar-refractivity contribution in [2.24, 2.45) is 10.7 Å². The Kier molecular flexibility index (Phi) is 2.18. The third-order valence-electron chi connectivity index (χ3n) is 3.00. The second kappa shape index (κ2) is 3.08. The van der Waals surface area contributed by atoms with Crippen molar-refractivity contribution in [3.05, 3.63) is 0 Å². The van der Waals surface area contributed by atoms with Gasteiger partial charge in [0, 0.05) is 17.5 Å². The van der Waals surface area contributed by atoms with E-state index in [-0.39, 0.29) is 5.54 Å². The van der Waals surface area contributed by atoms with E-state index in [1.807, 2.05) is 11.8 Å². The fraction of sp³-hybridized carbons (Fsp3) is 0.889. The number of hydrogen-bond donors (Lipinski definition) is 1. The van der Waals surface area contributed by atoms with Crippen LogP contribution in [0.15, 0.2) is 4.99 Å². The second-order valence-corrected chi connectivity index (χ2v) is 5.40. The molecule has 0 radical (unpaired) electrons. The second-order valence-electron chi connectivity index (χ2n) is 3.97. The van der Waals surface area contributed by atoms with Gasteiger partial charge in [0.15, 0.2) is 5.96 Å². The SMILES string of the molecule is CCN1C(N)=NCC12CSC(C)C2. The highest BCUT2D eigenvalue weighted by Crippen LogP contribution is 2.40. The van der Waals surface area contributed by atoms with Crippen LogP contribution < -0.4 is 5.73 Å². The summed E-state index contributed by atoms with van der Waals surface area (Å²) in [5.41, 5.74) is 6.12. The molecule has 0 amide bonds. The van der Waals surface area contributed by atoms with E-state index in [2.05, 4.69) is 23.7 Å². The lowest BCUT2D eigenvalue weighted by molar-refractivity contribution is 0.232. The van der Waals surface area contributed by atoms with Crippen LogP contribution in [0.25, 0.3) is 0 Å². The molecule has 3 nitrogen and oxygen atoms in total. The van der Waals surface area contributed by atoms with Gasteiger partial charge in [0.1, 0.15) is 0 Å². The van der Waals surface area contributed by atoms with Gasteiger partial charge in [-0.1, -0.05) is 6.92 Å². The van der Waals surface area contributed by atoms with Gasteiger partial charge >= 0.3 is 0 Å². The summed E-state index contributed by atoms with van der Waals surface area (Å²) >= 11 is 2.04. The molecule has 0 saturated carbocycles. The van der Waals surface area contributed by atoms with Gasteiger partial charge in [0.2, 0.25) is 0 Å². The molecule has 0 aromatic heterocycles. The molecule has 0 bridgehead atoms. The minimum absolute atomic E-state index is 0.267. The van der Waals surface area contributed by atoms with Gasteiger partial charge < -0.3 is 10.6 Å². The first-order valence-corrected chi connectivity index (χ1v) is 5.92. The standard InChI is InChI=1S/C9H17N3S/c1-3-12-8(10)11-5-9(12)4-7(2)13-6-9/h7H,3-6H2,1-2H3,(H2,10,11). The molecule has 74 valence electrons. The van der Waals surface area contributed by atoms with Crippen LogP contribution in [0, 0.1) is 0 Å². The van der Waals surface area contributed by atoms with Crippen molar-refractivity contribution >= 4 is 17.7 Å². The van der Waals surface area contributed by atoms with Crippen molar-refractivity contribution in [3.63, 3.8) is 0 Å². The Bertz CT molecular complexity index is 241. The monoisotopic (exact) mass is 199 g/mol. The van der Waals surface area contributed by atoms with Gasteiger partial charge in [0.25, 0.3) is 0 Å². The summed E-state index contributed by atoms with van der Waals surface area (Å²) in [5, 5.41) is 0.759. The third-order valence-corrected chi connectivity index (χ3v) is 4.44. The summed E-state index contributed by atoms with van der Waals surface area (Å²) < 4.78 is 0. The predicted octanol–water partition coefficient (Wildman–Crippen LogP) is 0.901. The number of rotatable bonds is 1. The minimum Gasteiger partial charge on any atom is -0.370 e. The predicted molar refractivity (Wildman–Crippen MR) is 58.1 cm³/mol. The third kappa shape index (κ3) is 1.31.